The van der Waals surface area contributed by atoms with E-state index < -0.39 is 17.7 Å². The Morgan fingerprint density at radius 3 is 2.45 bits per heavy atom. The Morgan fingerprint density at radius 2 is 1.82 bits per heavy atom. The van der Waals surface area contributed by atoms with E-state index in [-0.39, 0.29) is 25.4 Å². The first kappa shape index (κ1) is 15.9. The minimum absolute atomic E-state index is 0.0469. The van der Waals surface area contributed by atoms with Crippen molar-refractivity contribution < 1.29 is 23.4 Å². The monoisotopic (exact) mass is 307 g/mol. The van der Waals surface area contributed by atoms with Gasteiger partial charge in [0, 0.05) is 6.07 Å². The standard InChI is InChI=1S/C16H15F2NO3/c17-14-7-6-13(10-15(14)18)19(8-9-20)16(21)22-11-12-4-2-1-3-5-12/h1-7,10,20H,8-9,11H2. The third kappa shape index (κ3) is 4.02. The minimum atomic E-state index is -1.07. The quantitative estimate of drug-likeness (QED) is 0.923. The molecule has 6 heteroatoms. The zero-order valence-corrected chi connectivity index (χ0v) is 11.7. The summed E-state index contributed by atoms with van der Waals surface area (Å²) in [5.41, 5.74) is 0.913. The molecule has 1 amide bonds. The van der Waals surface area contributed by atoms with Crippen LogP contribution in [0.3, 0.4) is 0 Å². The number of amides is 1. The van der Waals surface area contributed by atoms with Crippen LogP contribution in [0.4, 0.5) is 19.3 Å². The number of aliphatic hydroxyl groups is 1. The summed E-state index contributed by atoms with van der Waals surface area (Å²) in [6.07, 6.45) is -0.746. The topological polar surface area (TPSA) is 49.8 Å². The van der Waals surface area contributed by atoms with Crippen molar-refractivity contribution in [1.82, 2.24) is 0 Å². The van der Waals surface area contributed by atoms with Gasteiger partial charge in [-0.05, 0) is 17.7 Å². The van der Waals surface area contributed by atoms with Crippen LogP contribution in [0.5, 0.6) is 0 Å². The second-order valence-electron chi connectivity index (χ2n) is 4.51. The molecule has 22 heavy (non-hydrogen) atoms. The first-order chi connectivity index (χ1) is 10.6. The molecule has 2 rings (SSSR count). The number of anilines is 1. The SMILES string of the molecule is O=C(OCc1ccccc1)N(CCO)c1ccc(F)c(F)c1. The highest BCUT2D eigenvalue weighted by Crippen LogP contribution is 2.19. The zero-order chi connectivity index (χ0) is 15.9. The van der Waals surface area contributed by atoms with E-state index in [1.54, 1.807) is 12.1 Å². The smallest absolute Gasteiger partial charge is 0.414 e. The Labute approximate surface area is 126 Å². The number of aliphatic hydroxyl groups excluding tert-OH is 1. The van der Waals surface area contributed by atoms with E-state index in [2.05, 4.69) is 0 Å². The third-order valence-electron chi connectivity index (χ3n) is 2.96. The molecular formula is C16H15F2NO3. The molecule has 0 fully saturated rings. The summed E-state index contributed by atoms with van der Waals surface area (Å²) in [6, 6.07) is 12.1. The van der Waals surface area contributed by atoms with Gasteiger partial charge in [0.25, 0.3) is 0 Å². The van der Waals surface area contributed by atoms with E-state index in [1.165, 1.54) is 6.07 Å². The Morgan fingerprint density at radius 1 is 1.09 bits per heavy atom. The van der Waals surface area contributed by atoms with Crippen LogP contribution < -0.4 is 4.90 Å². The lowest BCUT2D eigenvalue weighted by molar-refractivity contribution is 0.145. The number of ether oxygens (including phenoxy) is 1. The first-order valence-electron chi connectivity index (χ1n) is 6.66. The van der Waals surface area contributed by atoms with Gasteiger partial charge in [0.15, 0.2) is 11.6 Å². The second kappa shape index (κ2) is 7.51. The van der Waals surface area contributed by atoms with Crippen molar-refractivity contribution in [2.24, 2.45) is 0 Å². The maximum absolute atomic E-state index is 13.3. The van der Waals surface area contributed by atoms with Crippen LogP contribution in [0, 0.1) is 11.6 Å². The molecule has 0 spiro atoms. The lowest BCUT2D eigenvalue weighted by atomic mass is 10.2. The van der Waals surface area contributed by atoms with Crippen LogP contribution in [0.1, 0.15) is 5.56 Å². The highest BCUT2D eigenvalue weighted by molar-refractivity contribution is 5.87. The molecular weight excluding hydrogens is 292 g/mol. The molecule has 0 atom stereocenters. The summed E-state index contributed by atoms with van der Waals surface area (Å²) in [7, 11) is 0. The van der Waals surface area contributed by atoms with Crippen molar-refractivity contribution in [2.75, 3.05) is 18.1 Å². The molecule has 0 aliphatic heterocycles. The Bertz CT molecular complexity index is 635. The third-order valence-corrected chi connectivity index (χ3v) is 2.96. The summed E-state index contributed by atoms with van der Waals surface area (Å²) in [5.74, 6) is -2.08. The van der Waals surface area contributed by atoms with E-state index in [0.29, 0.717) is 0 Å². The molecule has 4 nitrogen and oxygen atoms in total. The van der Waals surface area contributed by atoms with Crippen molar-refractivity contribution in [3.05, 3.63) is 65.7 Å². The molecule has 1 N–H and O–H groups in total. The Kier molecular flexibility index (Phi) is 5.43. The molecule has 0 aliphatic carbocycles. The fourth-order valence-electron chi connectivity index (χ4n) is 1.88. The van der Waals surface area contributed by atoms with E-state index >= 15 is 0 Å². The number of carbonyl (C=O) groups excluding carboxylic acids is 1. The average Bonchev–Trinajstić information content (AvgIpc) is 2.54. The summed E-state index contributed by atoms with van der Waals surface area (Å²) >= 11 is 0. The number of carbonyl (C=O) groups is 1. The lowest BCUT2D eigenvalue weighted by Crippen LogP contribution is -2.34. The van der Waals surface area contributed by atoms with Crippen LogP contribution in [0.2, 0.25) is 0 Å². The molecule has 0 heterocycles. The predicted molar refractivity (Wildman–Crippen MR) is 77.4 cm³/mol. The van der Waals surface area contributed by atoms with Crippen molar-refractivity contribution in [2.45, 2.75) is 6.61 Å². The van der Waals surface area contributed by atoms with Gasteiger partial charge >= 0.3 is 6.09 Å². The van der Waals surface area contributed by atoms with Crippen molar-refractivity contribution in [1.29, 1.82) is 0 Å². The number of rotatable bonds is 5. The molecule has 0 aliphatic rings. The summed E-state index contributed by atoms with van der Waals surface area (Å²) in [5, 5.41) is 9.04. The average molecular weight is 307 g/mol. The van der Waals surface area contributed by atoms with Crippen molar-refractivity contribution in [3.8, 4) is 0 Å². The minimum Gasteiger partial charge on any atom is -0.444 e. The molecule has 0 aromatic heterocycles. The highest BCUT2D eigenvalue weighted by Gasteiger charge is 2.18. The van der Waals surface area contributed by atoms with E-state index in [9.17, 15) is 13.6 Å². The maximum atomic E-state index is 13.3. The summed E-state index contributed by atoms with van der Waals surface area (Å²) in [4.78, 5) is 13.1. The highest BCUT2D eigenvalue weighted by atomic mass is 19.2. The lowest BCUT2D eigenvalue weighted by Gasteiger charge is -2.21. The van der Waals surface area contributed by atoms with Gasteiger partial charge in [-0.15, -0.1) is 0 Å². The van der Waals surface area contributed by atoms with Crippen LogP contribution in [0.15, 0.2) is 48.5 Å². The number of benzene rings is 2. The van der Waals surface area contributed by atoms with Gasteiger partial charge in [0.1, 0.15) is 6.61 Å². The molecule has 2 aromatic carbocycles. The molecule has 0 saturated heterocycles. The molecule has 2 aromatic rings. The number of nitrogens with zero attached hydrogens (tertiary/aromatic N) is 1. The first-order valence-corrected chi connectivity index (χ1v) is 6.66. The van der Waals surface area contributed by atoms with E-state index in [4.69, 9.17) is 9.84 Å². The van der Waals surface area contributed by atoms with Gasteiger partial charge < -0.3 is 9.84 Å². The molecule has 0 bridgehead atoms. The van der Waals surface area contributed by atoms with Gasteiger partial charge in [-0.25, -0.2) is 13.6 Å². The number of hydrogen-bond donors (Lipinski definition) is 1. The predicted octanol–water partition coefficient (Wildman–Crippen LogP) is 3.10. The summed E-state index contributed by atoms with van der Waals surface area (Å²) in [6.45, 7) is -0.372. The van der Waals surface area contributed by atoms with Crippen LogP contribution >= 0.6 is 0 Å². The van der Waals surface area contributed by atoms with Crippen molar-refractivity contribution in [3.63, 3.8) is 0 Å². The molecule has 116 valence electrons. The van der Waals surface area contributed by atoms with E-state index in [1.807, 2.05) is 18.2 Å². The molecule has 0 radical (unpaired) electrons. The van der Waals surface area contributed by atoms with Crippen LogP contribution in [-0.2, 0) is 11.3 Å². The van der Waals surface area contributed by atoms with Gasteiger partial charge in [-0.1, -0.05) is 30.3 Å². The Balaban J connectivity index is 2.09. The van der Waals surface area contributed by atoms with Gasteiger partial charge in [-0.2, -0.15) is 0 Å². The fraction of sp³-hybridized carbons (Fsp3) is 0.188. The Hall–Kier alpha value is -2.47. The van der Waals surface area contributed by atoms with Crippen molar-refractivity contribution >= 4 is 11.8 Å². The number of halogens is 2. The maximum Gasteiger partial charge on any atom is 0.414 e. The summed E-state index contributed by atoms with van der Waals surface area (Å²) < 4.78 is 31.4. The van der Waals surface area contributed by atoms with Gasteiger partial charge in [-0.3, -0.25) is 4.90 Å². The second-order valence-corrected chi connectivity index (χ2v) is 4.51. The van der Waals surface area contributed by atoms with Gasteiger partial charge in [0.2, 0.25) is 0 Å². The van der Waals surface area contributed by atoms with E-state index in [0.717, 1.165) is 22.6 Å². The zero-order valence-electron chi connectivity index (χ0n) is 11.7. The molecule has 0 saturated carbocycles. The normalized spacial score (nSPS) is 10.3. The largest absolute Gasteiger partial charge is 0.444 e. The van der Waals surface area contributed by atoms with Crippen LogP contribution in [-0.4, -0.2) is 24.4 Å². The fourth-order valence-corrected chi connectivity index (χ4v) is 1.88. The number of hydrogen-bond acceptors (Lipinski definition) is 3. The van der Waals surface area contributed by atoms with Crippen LogP contribution in [0.25, 0.3) is 0 Å². The van der Waals surface area contributed by atoms with Gasteiger partial charge in [0.05, 0.1) is 18.8 Å². The molecule has 0 unspecified atom stereocenters.